The van der Waals surface area contributed by atoms with Crippen molar-refractivity contribution in [3.8, 4) is 11.1 Å². The summed E-state index contributed by atoms with van der Waals surface area (Å²) < 4.78 is 0. The fraction of sp³-hybridized carbons (Fsp3) is 0.0455. The number of carboxylic acids is 1. The van der Waals surface area contributed by atoms with Gasteiger partial charge >= 0.3 is 5.97 Å². The van der Waals surface area contributed by atoms with E-state index in [9.17, 15) is 19.5 Å². The van der Waals surface area contributed by atoms with E-state index in [2.05, 4.69) is 0 Å². The van der Waals surface area contributed by atoms with Crippen LogP contribution in [0.2, 0.25) is 0 Å². The van der Waals surface area contributed by atoms with Crippen molar-refractivity contribution < 1.29 is 19.5 Å². The quantitative estimate of drug-likeness (QED) is 0.714. The number of carboxylic acid groups (broad SMARTS) is 1. The number of benzene rings is 3. The third kappa shape index (κ3) is 2.52. The molecule has 1 aliphatic heterocycles. The number of fused-ring (bicyclic) bond motifs is 1. The van der Waals surface area contributed by atoms with E-state index in [0.717, 1.165) is 4.90 Å². The SMILES string of the molecule is Cc1cccc(-c2ccccc2C(=O)O)c1N1C(=O)c2ccccc2C1=O. The van der Waals surface area contributed by atoms with E-state index in [1.807, 2.05) is 0 Å². The number of aromatic carboxylic acids is 1. The summed E-state index contributed by atoms with van der Waals surface area (Å²) in [6, 6.07) is 18.5. The van der Waals surface area contributed by atoms with Gasteiger partial charge in [0.2, 0.25) is 0 Å². The van der Waals surface area contributed by atoms with Gasteiger partial charge < -0.3 is 5.11 Å². The molecule has 0 bridgehead atoms. The molecule has 0 saturated heterocycles. The van der Waals surface area contributed by atoms with Gasteiger partial charge in [0.25, 0.3) is 11.8 Å². The van der Waals surface area contributed by atoms with Crippen LogP contribution in [0.5, 0.6) is 0 Å². The summed E-state index contributed by atoms with van der Waals surface area (Å²) >= 11 is 0. The van der Waals surface area contributed by atoms with Gasteiger partial charge in [-0.2, -0.15) is 0 Å². The summed E-state index contributed by atoms with van der Waals surface area (Å²) in [7, 11) is 0. The molecule has 2 amide bonds. The first-order valence-electron chi connectivity index (χ1n) is 8.41. The number of anilines is 1. The minimum atomic E-state index is -1.07. The highest BCUT2D eigenvalue weighted by atomic mass is 16.4. The first-order valence-corrected chi connectivity index (χ1v) is 8.41. The highest BCUT2D eigenvalue weighted by Crippen LogP contribution is 2.39. The Bertz CT molecular complexity index is 1080. The number of carbonyl (C=O) groups excluding carboxylic acids is 2. The zero-order valence-corrected chi connectivity index (χ0v) is 14.5. The van der Waals surface area contributed by atoms with Crippen LogP contribution in [-0.4, -0.2) is 22.9 Å². The minimum Gasteiger partial charge on any atom is -0.478 e. The summed E-state index contributed by atoms with van der Waals surface area (Å²) in [4.78, 5) is 38.7. The number of para-hydroxylation sites is 1. The van der Waals surface area contributed by atoms with Crippen LogP contribution in [-0.2, 0) is 0 Å². The zero-order chi connectivity index (χ0) is 19.1. The van der Waals surface area contributed by atoms with Gasteiger partial charge in [0.1, 0.15) is 0 Å². The fourth-order valence-electron chi connectivity index (χ4n) is 3.47. The number of aryl methyl sites for hydroxylation is 1. The van der Waals surface area contributed by atoms with Crippen LogP contribution >= 0.6 is 0 Å². The highest BCUT2D eigenvalue weighted by molar-refractivity contribution is 6.35. The largest absolute Gasteiger partial charge is 0.478 e. The molecule has 0 saturated carbocycles. The standard InChI is InChI=1S/C22H15NO4/c1-13-7-6-12-15(14-8-2-5-11-18(14)22(26)27)19(13)23-20(24)16-9-3-4-10-17(16)21(23)25/h2-12H,1H3,(H,26,27). The third-order valence-corrected chi connectivity index (χ3v) is 4.70. The van der Waals surface area contributed by atoms with Crippen LogP contribution in [0.25, 0.3) is 11.1 Å². The second kappa shape index (κ2) is 6.21. The average molecular weight is 357 g/mol. The van der Waals surface area contributed by atoms with Crippen molar-refractivity contribution >= 4 is 23.5 Å². The Kier molecular flexibility index (Phi) is 3.85. The zero-order valence-electron chi connectivity index (χ0n) is 14.5. The Hall–Kier alpha value is -3.73. The van der Waals surface area contributed by atoms with Gasteiger partial charge in [-0.15, -0.1) is 0 Å². The number of amides is 2. The molecular formula is C22H15NO4. The topological polar surface area (TPSA) is 74.7 Å². The van der Waals surface area contributed by atoms with E-state index in [1.165, 1.54) is 6.07 Å². The molecule has 0 aliphatic carbocycles. The number of rotatable bonds is 3. The molecule has 5 nitrogen and oxygen atoms in total. The number of imide groups is 1. The molecule has 0 unspecified atom stereocenters. The summed E-state index contributed by atoms with van der Waals surface area (Å²) in [6.07, 6.45) is 0. The van der Waals surface area contributed by atoms with Gasteiger partial charge in [-0.1, -0.05) is 48.5 Å². The summed E-state index contributed by atoms with van der Waals surface area (Å²) in [5.74, 6) is -1.88. The van der Waals surface area contributed by atoms with Crippen molar-refractivity contribution in [1.29, 1.82) is 0 Å². The van der Waals surface area contributed by atoms with Crippen LogP contribution in [0.4, 0.5) is 5.69 Å². The molecule has 1 aliphatic rings. The average Bonchev–Trinajstić information content (AvgIpc) is 2.93. The van der Waals surface area contributed by atoms with Crippen LogP contribution in [0.1, 0.15) is 36.6 Å². The van der Waals surface area contributed by atoms with Crippen LogP contribution in [0, 0.1) is 6.92 Å². The molecule has 0 atom stereocenters. The summed E-state index contributed by atoms with van der Waals surface area (Å²) in [5, 5.41) is 9.55. The van der Waals surface area contributed by atoms with Gasteiger partial charge in [0.15, 0.2) is 0 Å². The van der Waals surface area contributed by atoms with E-state index in [-0.39, 0.29) is 5.56 Å². The van der Waals surface area contributed by atoms with Crippen molar-refractivity contribution in [2.24, 2.45) is 0 Å². The molecule has 1 heterocycles. The van der Waals surface area contributed by atoms with E-state index >= 15 is 0 Å². The van der Waals surface area contributed by atoms with Gasteiger partial charge in [-0.05, 0) is 36.2 Å². The third-order valence-electron chi connectivity index (χ3n) is 4.70. The normalized spacial score (nSPS) is 13.0. The smallest absolute Gasteiger partial charge is 0.336 e. The van der Waals surface area contributed by atoms with Crippen LogP contribution < -0.4 is 4.90 Å². The molecule has 27 heavy (non-hydrogen) atoms. The van der Waals surface area contributed by atoms with Crippen LogP contribution in [0.15, 0.2) is 66.7 Å². The summed E-state index contributed by atoms with van der Waals surface area (Å²) in [5.41, 5.74) is 2.93. The lowest BCUT2D eigenvalue weighted by molar-refractivity contribution is 0.0697. The van der Waals surface area contributed by atoms with Crippen molar-refractivity contribution in [3.05, 3.63) is 89.0 Å². The molecule has 4 rings (SSSR count). The first-order chi connectivity index (χ1) is 13.0. The van der Waals surface area contributed by atoms with Crippen molar-refractivity contribution in [2.75, 3.05) is 4.90 Å². The van der Waals surface area contributed by atoms with Crippen molar-refractivity contribution in [2.45, 2.75) is 6.92 Å². The van der Waals surface area contributed by atoms with E-state index in [1.54, 1.807) is 67.6 Å². The van der Waals surface area contributed by atoms with Gasteiger partial charge in [0.05, 0.1) is 22.4 Å². The molecule has 0 spiro atoms. The highest BCUT2D eigenvalue weighted by Gasteiger charge is 2.38. The molecule has 5 heteroatoms. The maximum atomic E-state index is 13.0. The predicted octanol–water partition coefficient (Wildman–Crippen LogP) is 4.16. The molecule has 3 aromatic carbocycles. The van der Waals surface area contributed by atoms with Crippen molar-refractivity contribution in [1.82, 2.24) is 0 Å². The predicted molar refractivity (Wildman–Crippen MR) is 101 cm³/mol. The Morgan fingerprint density at radius 2 is 1.26 bits per heavy atom. The van der Waals surface area contributed by atoms with Crippen molar-refractivity contribution in [3.63, 3.8) is 0 Å². The van der Waals surface area contributed by atoms with Gasteiger partial charge in [-0.25, -0.2) is 9.69 Å². The van der Waals surface area contributed by atoms with Gasteiger partial charge in [0, 0.05) is 5.56 Å². The maximum Gasteiger partial charge on any atom is 0.336 e. The maximum absolute atomic E-state index is 13.0. The number of hydrogen-bond acceptors (Lipinski definition) is 3. The Morgan fingerprint density at radius 1 is 0.741 bits per heavy atom. The number of hydrogen-bond donors (Lipinski definition) is 1. The molecule has 0 fully saturated rings. The molecule has 1 N–H and O–H groups in total. The van der Waals surface area contributed by atoms with E-state index in [0.29, 0.717) is 33.5 Å². The summed E-state index contributed by atoms with van der Waals surface area (Å²) in [6.45, 7) is 1.80. The Balaban J connectivity index is 1.96. The van der Waals surface area contributed by atoms with E-state index in [4.69, 9.17) is 0 Å². The molecule has 0 aromatic heterocycles. The lowest BCUT2D eigenvalue weighted by atomic mass is 9.95. The lowest BCUT2D eigenvalue weighted by Gasteiger charge is -2.21. The molecular weight excluding hydrogens is 342 g/mol. The number of nitrogens with zero attached hydrogens (tertiary/aromatic N) is 1. The molecule has 132 valence electrons. The Labute approximate surface area is 155 Å². The monoisotopic (exact) mass is 357 g/mol. The van der Waals surface area contributed by atoms with E-state index < -0.39 is 17.8 Å². The van der Waals surface area contributed by atoms with Crippen LogP contribution in [0.3, 0.4) is 0 Å². The minimum absolute atomic E-state index is 0.112. The Morgan fingerprint density at radius 3 is 1.85 bits per heavy atom. The first kappa shape index (κ1) is 16.7. The second-order valence-corrected chi connectivity index (χ2v) is 6.31. The molecule has 3 aromatic rings. The second-order valence-electron chi connectivity index (χ2n) is 6.31. The fourth-order valence-corrected chi connectivity index (χ4v) is 3.47. The molecule has 0 radical (unpaired) electrons. The lowest BCUT2D eigenvalue weighted by Crippen LogP contribution is -2.30. The van der Waals surface area contributed by atoms with Gasteiger partial charge in [-0.3, -0.25) is 9.59 Å². The number of carbonyl (C=O) groups is 3.